The second kappa shape index (κ2) is 13.8. The zero-order chi connectivity index (χ0) is 36.4. The van der Waals surface area contributed by atoms with Crippen LogP contribution in [0, 0.1) is 32.9 Å². The number of benzene rings is 4. The van der Waals surface area contributed by atoms with Gasteiger partial charge in [-0.2, -0.15) is 11.2 Å². The summed E-state index contributed by atoms with van der Waals surface area (Å²) in [5.74, 6) is 2.37. The smallest absolute Gasteiger partial charge is 0.509 e. The summed E-state index contributed by atoms with van der Waals surface area (Å²) in [4.78, 5) is 4.84. The maximum Gasteiger partial charge on any atom is 2.00 e. The molecule has 268 valence electrons. The van der Waals surface area contributed by atoms with E-state index in [2.05, 4.69) is 170 Å². The van der Waals surface area contributed by atoms with Crippen LogP contribution < -0.4 is 4.74 Å². The number of nitrogens with zero attached hydrogens (tertiary/aromatic N) is 4. The molecule has 0 N–H and O–H groups in total. The van der Waals surface area contributed by atoms with Gasteiger partial charge < -0.3 is 9.30 Å². The summed E-state index contributed by atoms with van der Waals surface area (Å²) in [5.41, 5.74) is 12.1. The number of hydrogen-bond acceptors (Lipinski definition) is 3. The van der Waals surface area contributed by atoms with Gasteiger partial charge in [-0.25, -0.2) is 4.98 Å². The van der Waals surface area contributed by atoms with Gasteiger partial charge in [-0.15, -0.1) is 41.3 Å². The monoisotopic (exact) mass is 867 g/mol. The first-order valence-electron chi connectivity index (χ1n) is 18.0. The maximum absolute atomic E-state index is 6.70. The second-order valence-corrected chi connectivity index (χ2v) is 16.2. The van der Waals surface area contributed by atoms with Crippen molar-refractivity contribution in [3.63, 3.8) is 0 Å². The third-order valence-electron chi connectivity index (χ3n) is 9.87. The molecule has 0 saturated heterocycles. The molecule has 52 heavy (non-hydrogen) atoms. The van der Waals surface area contributed by atoms with Gasteiger partial charge in [0.25, 0.3) is 0 Å². The standard InChI is InChI=1S/C46H48N4O.Pt/c1-28(2)32-23-34(50-44(46(9,10)11)43(31(5)48-50)42-29(3)15-14-16-30(42)4)26-36(24-32)51-35-19-20-38-37-17-12-13-18-39(37)49(40(38)27-35)41-25-33(21-22-47-41)45(6,7)8;/h12-25,28H,1-11H3;/q-2;+2. The Labute approximate surface area is 323 Å². The maximum atomic E-state index is 6.70. The van der Waals surface area contributed by atoms with Crippen LogP contribution in [0.2, 0.25) is 0 Å². The molecular formula is C46H48N4OPt. The molecule has 0 amide bonds. The third-order valence-corrected chi connectivity index (χ3v) is 9.87. The van der Waals surface area contributed by atoms with E-state index >= 15 is 0 Å². The Kier molecular flexibility index (Phi) is 9.91. The summed E-state index contributed by atoms with van der Waals surface area (Å²) in [6.45, 7) is 24.4. The van der Waals surface area contributed by atoms with E-state index in [1.165, 1.54) is 27.8 Å². The molecule has 0 atom stereocenters. The van der Waals surface area contributed by atoms with Gasteiger partial charge in [-0.3, -0.25) is 4.68 Å². The van der Waals surface area contributed by atoms with Crippen LogP contribution in [-0.2, 0) is 31.9 Å². The van der Waals surface area contributed by atoms with Gasteiger partial charge in [0.15, 0.2) is 0 Å². The second-order valence-electron chi connectivity index (χ2n) is 16.2. The molecule has 0 aliphatic heterocycles. The van der Waals surface area contributed by atoms with Crippen LogP contribution >= 0.6 is 0 Å². The minimum atomic E-state index is -0.196. The molecule has 0 fully saturated rings. The van der Waals surface area contributed by atoms with Crippen LogP contribution in [0.5, 0.6) is 11.5 Å². The number of ether oxygens (including phenoxy) is 1. The largest absolute Gasteiger partial charge is 2.00 e. The minimum Gasteiger partial charge on any atom is -0.509 e. The first-order valence-corrected chi connectivity index (χ1v) is 18.0. The van der Waals surface area contributed by atoms with Gasteiger partial charge in [0.05, 0.1) is 11.4 Å². The van der Waals surface area contributed by atoms with Crippen molar-refractivity contribution in [2.75, 3.05) is 0 Å². The van der Waals surface area contributed by atoms with Crippen LogP contribution in [0.1, 0.15) is 94.9 Å². The molecule has 5 nitrogen and oxygen atoms in total. The van der Waals surface area contributed by atoms with E-state index in [0.29, 0.717) is 11.5 Å². The van der Waals surface area contributed by atoms with Gasteiger partial charge in [-0.1, -0.05) is 97.3 Å². The number of rotatable bonds is 6. The Morgan fingerprint density at radius 2 is 1.42 bits per heavy atom. The zero-order valence-corrected chi connectivity index (χ0v) is 34.4. The van der Waals surface area contributed by atoms with E-state index in [-0.39, 0.29) is 37.8 Å². The summed E-state index contributed by atoms with van der Waals surface area (Å²) >= 11 is 0. The van der Waals surface area contributed by atoms with Crippen molar-refractivity contribution in [1.82, 2.24) is 19.3 Å². The summed E-state index contributed by atoms with van der Waals surface area (Å²) in [7, 11) is 0. The molecule has 3 aromatic heterocycles. The molecule has 0 unspecified atom stereocenters. The van der Waals surface area contributed by atoms with E-state index in [4.69, 9.17) is 14.8 Å². The predicted molar refractivity (Wildman–Crippen MR) is 211 cm³/mol. The van der Waals surface area contributed by atoms with Crippen molar-refractivity contribution < 1.29 is 25.8 Å². The van der Waals surface area contributed by atoms with Crippen molar-refractivity contribution in [3.05, 3.63) is 131 Å². The molecule has 0 spiro atoms. The molecule has 3 heterocycles. The van der Waals surface area contributed by atoms with Gasteiger partial charge in [-0.05, 0) is 83.6 Å². The molecule has 7 aromatic rings. The number of aryl methyl sites for hydroxylation is 3. The Morgan fingerprint density at radius 1 is 0.712 bits per heavy atom. The SMILES string of the molecule is Cc1cccc(C)c1-c1c(C)nn(-c2[c-]c(Oc3[c-]c4c(cc3)c3ccccc3n4-c3cc(C(C)(C)C)ccn3)cc(C(C)C)c2)c1C(C)(C)C.[Pt+2]. The molecule has 6 heteroatoms. The normalized spacial score (nSPS) is 12.2. The summed E-state index contributed by atoms with van der Waals surface area (Å²) in [6.07, 6.45) is 1.90. The number of hydrogen-bond donors (Lipinski definition) is 0. The number of fused-ring (bicyclic) bond motifs is 3. The van der Waals surface area contributed by atoms with Crippen LogP contribution in [-0.4, -0.2) is 19.3 Å². The first kappa shape index (κ1) is 37.3. The Balaban J connectivity index is 0.00000464. The van der Waals surface area contributed by atoms with E-state index < -0.39 is 0 Å². The van der Waals surface area contributed by atoms with E-state index in [1.807, 2.05) is 12.3 Å². The quantitative estimate of drug-likeness (QED) is 0.156. The molecule has 0 aliphatic rings. The Morgan fingerprint density at radius 3 is 2.10 bits per heavy atom. The molecule has 0 saturated carbocycles. The van der Waals surface area contributed by atoms with Crippen molar-refractivity contribution >= 4 is 21.8 Å². The Hall–Kier alpha value is -4.47. The summed E-state index contributed by atoms with van der Waals surface area (Å²) < 4.78 is 11.0. The molecule has 0 radical (unpaired) electrons. The molecule has 4 aromatic carbocycles. The van der Waals surface area contributed by atoms with Crippen LogP contribution in [0.4, 0.5) is 0 Å². The van der Waals surface area contributed by atoms with Crippen molar-refractivity contribution in [2.45, 2.75) is 92.9 Å². The predicted octanol–water partition coefficient (Wildman–Crippen LogP) is 12.1. The fourth-order valence-corrected chi connectivity index (χ4v) is 7.25. The number of para-hydroxylation sites is 1. The average molecular weight is 868 g/mol. The van der Waals surface area contributed by atoms with E-state index in [9.17, 15) is 0 Å². The van der Waals surface area contributed by atoms with Gasteiger partial charge in [0.2, 0.25) is 0 Å². The molecular weight excluding hydrogens is 820 g/mol. The van der Waals surface area contributed by atoms with Crippen molar-refractivity contribution in [2.24, 2.45) is 0 Å². The average Bonchev–Trinajstić information content (AvgIpc) is 3.59. The van der Waals surface area contributed by atoms with Crippen molar-refractivity contribution in [1.29, 1.82) is 0 Å². The number of pyridine rings is 1. The number of aromatic nitrogens is 4. The fourth-order valence-electron chi connectivity index (χ4n) is 7.25. The van der Waals surface area contributed by atoms with Crippen LogP contribution in [0.25, 0.3) is 44.4 Å². The zero-order valence-electron chi connectivity index (χ0n) is 32.2. The van der Waals surface area contributed by atoms with E-state index in [1.54, 1.807) is 0 Å². The first-order chi connectivity index (χ1) is 24.1. The molecule has 7 rings (SSSR count). The van der Waals surface area contributed by atoms with Gasteiger partial charge in [0.1, 0.15) is 5.82 Å². The molecule has 0 aliphatic carbocycles. The minimum absolute atomic E-state index is 0. The third kappa shape index (κ3) is 6.76. The summed E-state index contributed by atoms with van der Waals surface area (Å²) in [5, 5.41) is 7.45. The van der Waals surface area contributed by atoms with Crippen LogP contribution in [0.15, 0.2) is 85.1 Å². The Bertz CT molecular complexity index is 2410. The van der Waals surface area contributed by atoms with Gasteiger partial charge in [0, 0.05) is 34.2 Å². The summed E-state index contributed by atoms with van der Waals surface area (Å²) in [6, 6.07) is 34.9. The molecule has 0 bridgehead atoms. The van der Waals surface area contributed by atoms with Gasteiger partial charge >= 0.3 is 21.1 Å². The van der Waals surface area contributed by atoms with Crippen molar-refractivity contribution in [3.8, 4) is 34.1 Å². The fraction of sp³-hybridized carbons (Fsp3) is 0.304. The van der Waals surface area contributed by atoms with E-state index in [0.717, 1.165) is 50.3 Å². The van der Waals surface area contributed by atoms with Crippen LogP contribution in [0.3, 0.4) is 0 Å². The topological polar surface area (TPSA) is 44.9 Å².